The molecule has 0 radical (unpaired) electrons. The number of anilines is 2. The quantitative estimate of drug-likeness (QED) is 0.248. The standard InChI is InChI=1S/C25H19N3O2S/c1-15(17-11-13-23-21(14-17)26-20-8-4-5-9-22(20)31-23)27-28-25(30)19-12-10-16-6-2-3-7-18(16)24(19)29/h2-14,26,29H,1H3,(H,28,30). The molecule has 4 aromatic carbocycles. The average Bonchev–Trinajstić information content (AvgIpc) is 2.81. The molecule has 0 saturated heterocycles. The van der Waals surface area contributed by atoms with Crippen LogP contribution in [0.15, 0.2) is 93.8 Å². The van der Waals surface area contributed by atoms with Gasteiger partial charge in [-0.1, -0.05) is 60.3 Å². The highest BCUT2D eigenvalue weighted by atomic mass is 32.2. The van der Waals surface area contributed by atoms with Crippen molar-refractivity contribution in [1.82, 2.24) is 5.43 Å². The van der Waals surface area contributed by atoms with E-state index in [0.717, 1.165) is 27.2 Å². The van der Waals surface area contributed by atoms with Crippen molar-refractivity contribution in [3.63, 3.8) is 0 Å². The first-order valence-electron chi connectivity index (χ1n) is 9.84. The van der Waals surface area contributed by atoms with E-state index in [2.05, 4.69) is 28.0 Å². The fourth-order valence-corrected chi connectivity index (χ4v) is 4.53. The Balaban J connectivity index is 1.37. The van der Waals surface area contributed by atoms with Crippen LogP contribution in [-0.4, -0.2) is 16.7 Å². The van der Waals surface area contributed by atoms with E-state index in [-0.39, 0.29) is 11.3 Å². The number of carbonyl (C=O) groups is 1. The summed E-state index contributed by atoms with van der Waals surface area (Å²) < 4.78 is 0. The highest BCUT2D eigenvalue weighted by molar-refractivity contribution is 7.99. The molecule has 5 rings (SSSR count). The third-order valence-corrected chi connectivity index (χ3v) is 6.40. The lowest BCUT2D eigenvalue weighted by atomic mass is 10.1. The number of phenols is 1. The number of nitrogens with one attached hydrogen (secondary N) is 2. The zero-order chi connectivity index (χ0) is 21.4. The molecule has 152 valence electrons. The summed E-state index contributed by atoms with van der Waals surface area (Å²) in [6.45, 7) is 1.84. The second-order valence-electron chi connectivity index (χ2n) is 7.26. The summed E-state index contributed by atoms with van der Waals surface area (Å²) in [7, 11) is 0. The topological polar surface area (TPSA) is 73.7 Å². The Bertz CT molecular complexity index is 1360. The molecule has 1 heterocycles. The molecule has 0 bridgehead atoms. The van der Waals surface area contributed by atoms with Gasteiger partial charge in [0.2, 0.25) is 0 Å². The maximum absolute atomic E-state index is 12.6. The fraction of sp³-hybridized carbons (Fsp3) is 0.0400. The number of hydrazone groups is 1. The van der Waals surface area contributed by atoms with Crippen molar-refractivity contribution in [3.8, 4) is 5.75 Å². The number of carbonyl (C=O) groups excluding carboxylic acids is 1. The highest BCUT2D eigenvalue weighted by Gasteiger charge is 2.17. The molecule has 0 aromatic heterocycles. The Morgan fingerprint density at radius 2 is 1.71 bits per heavy atom. The smallest absolute Gasteiger partial charge is 0.275 e. The van der Waals surface area contributed by atoms with Crippen molar-refractivity contribution in [2.75, 3.05) is 5.32 Å². The van der Waals surface area contributed by atoms with Gasteiger partial charge in [-0.3, -0.25) is 4.79 Å². The Labute approximate surface area is 183 Å². The Kier molecular flexibility index (Phi) is 4.84. The largest absolute Gasteiger partial charge is 0.506 e. The monoisotopic (exact) mass is 425 g/mol. The maximum atomic E-state index is 12.6. The minimum Gasteiger partial charge on any atom is -0.506 e. The lowest BCUT2D eigenvalue weighted by Crippen LogP contribution is -2.19. The molecule has 5 nitrogen and oxygen atoms in total. The lowest BCUT2D eigenvalue weighted by molar-refractivity contribution is 0.0952. The number of aromatic hydroxyl groups is 1. The molecule has 0 fully saturated rings. The van der Waals surface area contributed by atoms with Gasteiger partial charge in [0.25, 0.3) is 5.91 Å². The van der Waals surface area contributed by atoms with Crippen LogP contribution in [-0.2, 0) is 0 Å². The maximum Gasteiger partial charge on any atom is 0.275 e. The minimum absolute atomic E-state index is 0.0443. The van der Waals surface area contributed by atoms with Crippen LogP contribution in [0, 0.1) is 0 Å². The summed E-state index contributed by atoms with van der Waals surface area (Å²) in [5.41, 5.74) is 6.40. The fourth-order valence-electron chi connectivity index (χ4n) is 3.56. The second-order valence-corrected chi connectivity index (χ2v) is 8.34. The van der Waals surface area contributed by atoms with Crippen LogP contribution in [0.2, 0.25) is 0 Å². The average molecular weight is 426 g/mol. The molecule has 1 aliphatic rings. The van der Waals surface area contributed by atoms with E-state index in [1.54, 1.807) is 23.9 Å². The first kappa shape index (κ1) is 19.2. The molecule has 3 N–H and O–H groups in total. The van der Waals surface area contributed by atoms with Crippen molar-refractivity contribution < 1.29 is 9.90 Å². The van der Waals surface area contributed by atoms with Gasteiger partial charge in [0.15, 0.2) is 0 Å². The summed E-state index contributed by atoms with van der Waals surface area (Å²) in [5, 5.41) is 19.7. The third kappa shape index (κ3) is 3.62. The van der Waals surface area contributed by atoms with Crippen molar-refractivity contribution in [2.45, 2.75) is 16.7 Å². The van der Waals surface area contributed by atoms with Gasteiger partial charge in [0.05, 0.1) is 22.6 Å². The highest BCUT2D eigenvalue weighted by Crippen LogP contribution is 2.44. The zero-order valence-electron chi connectivity index (χ0n) is 16.7. The number of hydrogen-bond acceptors (Lipinski definition) is 5. The summed E-state index contributed by atoms with van der Waals surface area (Å²) >= 11 is 1.72. The van der Waals surface area contributed by atoms with Crippen LogP contribution < -0.4 is 10.7 Å². The Morgan fingerprint density at radius 1 is 0.935 bits per heavy atom. The van der Waals surface area contributed by atoms with Gasteiger partial charge < -0.3 is 10.4 Å². The van der Waals surface area contributed by atoms with Crippen LogP contribution in [0.25, 0.3) is 10.8 Å². The molecular formula is C25H19N3O2S. The number of para-hydroxylation sites is 1. The number of nitrogens with zero attached hydrogens (tertiary/aromatic N) is 1. The molecule has 1 amide bonds. The van der Waals surface area contributed by atoms with Crippen LogP contribution in [0.4, 0.5) is 11.4 Å². The van der Waals surface area contributed by atoms with Gasteiger partial charge in [-0.25, -0.2) is 5.43 Å². The van der Waals surface area contributed by atoms with E-state index in [1.165, 1.54) is 4.90 Å². The number of rotatable bonds is 3. The number of fused-ring (bicyclic) bond motifs is 3. The van der Waals surface area contributed by atoms with E-state index < -0.39 is 5.91 Å². The Hall–Kier alpha value is -3.77. The molecule has 1 aliphatic heterocycles. The number of amides is 1. The van der Waals surface area contributed by atoms with Crippen LogP contribution in [0.3, 0.4) is 0 Å². The Morgan fingerprint density at radius 3 is 2.61 bits per heavy atom. The summed E-state index contributed by atoms with van der Waals surface area (Å²) in [5.74, 6) is -0.500. The number of phenolic OH excluding ortho intramolecular Hbond substituents is 1. The predicted molar refractivity (Wildman–Crippen MR) is 126 cm³/mol. The van der Waals surface area contributed by atoms with Crippen molar-refractivity contribution in [2.24, 2.45) is 5.10 Å². The van der Waals surface area contributed by atoms with Gasteiger partial charge in [-0.2, -0.15) is 5.10 Å². The van der Waals surface area contributed by atoms with Gasteiger partial charge in [-0.05, 0) is 48.2 Å². The summed E-state index contributed by atoms with van der Waals surface area (Å²) in [4.78, 5) is 15.0. The molecule has 0 spiro atoms. The molecule has 0 unspecified atom stereocenters. The van der Waals surface area contributed by atoms with Crippen molar-refractivity contribution >= 4 is 45.5 Å². The normalized spacial score (nSPS) is 12.6. The van der Waals surface area contributed by atoms with Crippen molar-refractivity contribution in [3.05, 3.63) is 90.0 Å². The zero-order valence-corrected chi connectivity index (χ0v) is 17.5. The molecular weight excluding hydrogens is 406 g/mol. The van der Waals surface area contributed by atoms with E-state index in [0.29, 0.717) is 11.1 Å². The van der Waals surface area contributed by atoms with Crippen LogP contribution in [0.1, 0.15) is 22.8 Å². The first-order chi connectivity index (χ1) is 15.1. The number of benzene rings is 4. The SMILES string of the molecule is CC(=NNC(=O)c1ccc2ccccc2c1O)c1ccc2c(c1)Nc1ccccc1S2. The van der Waals surface area contributed by atoms with E-state index >= 15 is 0 Å². The van der Waals surface area contributed by atoms with Gasteiger partial charge in [0.1, 0.15) is 5.75 Å². The van der Waals surface area contributed by atoms with Gasteiger partial charge in [-0.15, -0.1) is 0 Å². The third-order valence-electron chi connectivity index (χ3n) is 5.24. The van der Waals surface area contributed by atoms with Gasteiger partial charge in [0, 0.05) is 15.2 Å². The van der Waals surface area contributed by atoms with E-state index in [4.69, 9.17) is 0 Å². The van der Waals surface area contributed by atoms with E-state index in [1.807, 2.05) is 61.5 Å². The van der Waals surface area contributed by atoms with Crippen LogP contribution in [0.5, 0.6) is 5.75 Å². The minimum atomic E-state index is -0.455. The number of hydrogen-bond donors (Lipinski definition) is 3. The molecule has 0 atom stereocenters. The molecule has 6 heteroatoms. The molecule has 0 aliphatic carbocycles. The van der Waals surface area contributed by atoms with Crippen molar-refractivity contribution in [1.29, 1.82) is 0 Å². The predicted octanol–water partition coefficient (Wildman–Crippen LogP) is 5.91. The summed E-state index contributed by atoms with van der Waals surface area (Å²) in [6.07, 6.45) is 0. The van der Waals surface area contributed by atoms with E-state index in [9.17, 15) is 9.90 Å². The lowest BCUT2D eigenvalue weighted by Gasteiger charge is -2.21. The first-order valence-corrected chi connectivity index (χ1v) is 10.7. The molecule has 31 heavy (non-hydrogen) atoms. The molecule has 4 aromatic rings. The summed E-state index contributed by atoms with van der Waals surface area (Å²) in [6, 6.07) is 25.0. The van der Waals surface area contributed by atoms with Crippen LogP contribution >= 0.6 is 11.8 Å². The van der Waals surface area contributed by atoms with Gasteiger partial charge >= 0.3 is 0 Å². The molecule has 0 saturated carbocycles. The second kappa shape index (κ2) is 7.81.